The Morgan fingerprint density at radius 1 is 1.29 bits per heavy atom. The zero-order valence-electron chi connectivity index (χ0n) is 8.03. The molecule has 1 aromatic carbocycles. The molecule has 17 heavy (non-hydrogen) atoms. The van der Waals surface area contributed by atoms with Crippen LogP contribution < -0.4 is 5.63 Å². The molecule has 0 spiro atoms. The minimum absolute atomic E-state index is 0.0295. The van der Waals surface area contributed by atoms with Gasteiger partial charge in [-0.3, -0.25) is 0 Å². The van der Waals surface area contributed by atoms with Crippen molar-refractivity contribution in [3.8, 4) is 5.75 Å². The first-order valence-electron chi connectivity index (χ1n) is 4.30. The molecular weight excluding hydrogens is 271 g/mol. The van der Waals surface area contributed by atoms with Crippen LogP contribution in [-0.4, -0.2) is 16.2 Å². The highest BCUT2D eigenvalue weighted by Crippen LogP contribution is 2.37. The van der Waals surface area contributed by atoms with E-state index in [0.29, 0.717) is 0 Å². The van der Waals surface area contributed by atoms with Crippen molar-refractivity contribution in [2.45, 2.75) is 0 Å². The quantitative estimate of drug-likeness (QED) is 0.780. The largest absolute Gasteiger partial charge is 0.503 e. The van der Waals surface area contributed by atoms with Crippen LogP contribution in [0.25, 0.3) is 11.0 Å². The van der Waals surface area contributed by atoms with Gasteiger partial charge in [0.25, 0.3) is 0 Å². The fraction of sp³-hybridized carbons (Fsp3) is 0. The molecule has 1 aromatic heterocycles. The molecule has 0 aliphatic carbocycles. The summed E-state index contributed by atoms with van der Waals surface area (Å²) in [6, 6.07) is 2.36. The number of carboxylic acid groups (broad SMARTS) is 1. The summed E-state index contributed by atoms with van der Waals surface area (Å²) in [7, 11) is 0. The third kappa shape index (κ3) is 1.83. The normalized spacial score (nSPS) is 10.7. The van der Waals surface area contributed by atoms with Gasteiger partial charge in [0.1, 0.15) is 10.6 Å². The standard InChI is InChI=1S/C10H4Cl2O5/c11-5-2-3-1-4(9(14)15)10(16)17-8(3)7(13)6(5)12/h1-2,13H,(H,14,15). The van der Waals surface area contributed by atoms with E-state index in [1.165, 1.54) is 6.07 Å². The lowest BCUT2D eigenvalue weighted by molar-refractivity contribution is 0.0692. The first kappa shape index (κ1) is 11.8. The first-order valence-corrected chi connectivity index (χ1v) is 5.05. The zero-order valence-corrected chi connectivity index (χ0v) is 9.54. The summed E-state index contributed by atoms with van der Waals surface area (Å²) in [6.45, 7) is 0. The second-order valence-electron chi connectivity index (χ2n) is 3.19. The minimum atomic E-state index is -1.42. The highest BCUT2D eigenvalue weighted by atomic mass is 35.5. The van der Waals surface area contributed by atoms with Crippen molar-refractivity contribution in [2.75, 3.05) is 0 Å². The van der Waals surface area contributed by atoms with E-state index in [2.05, 4.69) is 0 Å². The second-order valence-corrected chi connectivity index (χ2v) is 3.98. The molecule has 2 N–H and O–H groups in total. The molecule has 0 aliphatic heterocycles. The van der Waals surface area contributed by atoms with Gasteiger partial charge in [-0.25, -0.2) is 9.59 Å². The van der Waals surface area contributed by atoms with Crippen molar-refractivity contribution < 1.29 is 19.4 Å². The lowest BCUT2D eigenvalue weighted by atomic mass is 10.2. The summed E-state index contributed by atoms with van der Waals surface area (Å²) in [5.74, 6) is -1.92. The van der Waals surface area contributed by atoms with Crippen LogP contribution >= 0.6 is 23.2 Å². The molecule has 7 heteroatoms. The van der Waals surface area contributed by atoms with Gasteiger partial charge in [-0.15, -0.1) is 0 Å². The zero-order chi connectivity index (χ0) is 12.7. The Balaban J connectivity index is 2.94. The van der Waals surface area contributed by atoms with Gasteiger partial charge in [-0.05, 0) is 12.1 Å². The van der Waals surface area contributed by atoms with Crippen molar-refractivity contribution in [1.82, 2.24) is 0 Å². The Bertz CT molecular complexity index is 689. The lowest BCUT2D eigenvalue weighted by Gasteiger charge is -2.04. The van der Waals surface area contributed by atoms with E-state index in [1.807, 2.05) is 0 Å². The number of fused-ring (bicyclic) bond motifs is 1. The monoisotopic (exact) mass is 274 g/mol. The number of carboxylic acids is 1. The van der Waals surface area contributed by atoms with E-state index < -0.39 is 22.9 Å². The highest BCUT2D eigenvalue weighted by Gasteiger charge is 2.17. The molecule has 0 bridgehead atoms. The molecule has 2 rings (SSSR count). The maximum Gasteiger partial charge on any atom is 0.351 e. The number of benzene rings is 1. The molecule has 88 valence electrons. The molecule has 0 radical (unpaired) electrons. The lowest BCUT2D eigenvalue weighted by Crippen LogP contribution is -2.12. The molecule has 0 saturated heterocycles. The molecule has 0 unspecified atom stereocenters. The second kappa shape index (κ2) is 3.94. The highest BCUT2D eigenvalue weighted by molar-refractivity contribution is 6.44. The first-order chi connectivity index (χ1) is 7.91. The smallest absolute Gasteiger partial charge is 0.351 e. The molecule has 0 saturated carbocycles. The van der Waals surface area contributed by atoms with Crippen LogP contribution in [0.5, 0.6) is 5.75 Å². The summed E-state index contributed by atoms with van der Waals surface area (Å²) in [5.41, 5.74) is -1.82. The summed E-state index contributed by atoms with van der Waals surface area (Å²) < 4.78 is 4.69. The van der Waals surface area contributed by atoms with Crippen molar-refractivity contribution in [3.63, 3.8) is 0 Å². The fourth-order valence-electron chi connectivity index (χ4n) is 1.34. The molecule has 2 aromatic rings. The van der Waals surface area contributed by atoms with Gasteiger partial charge >= 0.3 is 11.6 Å². The predicted molar refractivity (Wildman–Crippen MR) is 61.1 cm³/mol. The minimum Gasteiger partial charge on any atom is -0.503 e. The van der Waals surface area contributed by atoms with E-state index in [0.717, 1.165) is 6.07 Å². The molecule has 1 heterocycles. The van der Waals surface area contributed by atoms with E-state index in [9.17, 15) is 14.7 Å². The summed E-state index contributed by atoms with van der Waals surface area (Å²) >= 11 is 11.4. The summed E-state index contributed by atoms with van der Waals surface area (Å²) in [4.78, 5) is 22.0. The van der Waals surface area contributed by atoms with Gasteiger partial charge in [0.15, 0.2) is 11.3 Å². The van der Waals surface area contributed by atoms with Crippen LogP contribution in [0, 0.1) is 0 Å². The van der Waals surface area contributed by atoms with Gasteiger partial charge in [0, 0.05) is 5.39 Å². The number of halogens is 2. The summed E-state index contributed by atoms with van der Waals surface area (Å²) in [5, 5.41) is 18.4. The van der Waals surface area contributed by atoms with Crippen molar-refractivity contribution >= 4 is 40.1 Å². The van der Waals surface area contributed by atoms with Gasteiger partial charge in [-0.1, -0.05) is 23.2 Å². The van der Waals surface area contributed by atoms with Crippen LogP contribution in [0.2, 0.25) is 10.0 Å². The van der Waals surface area contributed by atoms with Gasteiger partial charge in [0.2, 0.25) is 0 Å². The number of hydrogen-bond donors (Lipinski definition) is 2. The van der Waals surface area contributed by atoms with Crippen LogP contribution in [-0.2, 0) is 0 Å². The van der Waals surface area contributed by atoms with Gasteiger partial charge < -0.3 is 14.6 Å². The number of rotatable bonds is 1. The predicted octanol–water partition coefficient (Wildman–Crippen LogP) is 2.50. The number of aromatic carboxylic acids is 1. The molecular formula is C10H4Cl2O5. The topological polar surface area (TPSA) is 87.7 Å². The van der Waals surface area contributed by atoms with Gasteiger partial charge in [0.05, 0.1) is 5.02 Å². The van der Waals surface area contributed by atoms with E-state index >= 15 is 0 Å². The third-order valence-corrected chi connectivity index (χ3v) is 2.90. The van der Waals surface area contributed by atoms with E-state index in [1.54, 1.807) is 0 Å². The van der Waals surface area contributed by atoms with Crippen molar-refractivity contribution in [1.29, 1.82) is 0 Å². The number of carbonyl (C=O) groups is 1. The Morgan fingerprint density at radius 3 is 2.53 bits per heavy atom. The Labute approximate surface area is 104 Å². The van der Waals surface area contributed by atoms with Crippen LogP contribution in [0.1, 0.15) is 10.4 Å². The summed E-state index contributed by atoms with van der Waals surface area (Å²) in [6.07, 6.45) is 0. The Kier molecular flexibility index (Phi) is 2.73. The molecule has 0 fully saturated rings. The Morgan fingerprint density at radius 2 is 1.94 bits per heavy atom. The average molecular weight is 275 g/mol. The van der Waals surface area contributed by atoms with Crippen molar-refractivity contribution in [3.05, 3.63) is 38.2 Å². The molecule has 5 nitrogen and oxygen atoms in total. The average Bonchev–Trinajstić information content (AvgIpc) is 2.26. The van der Waals surface area contributed by atoms with Crippen LogP contribution in [0.3, 0.4) is 0 Å². The molecule has 0 amide bonds. The SMILES string of the molecule is O=C(O)c1cc2cc(Cl)c(Cl)c(O)c2oc1=O. The van der Waals surface area contributed by atoms with Crippen molar-refractivity contribution in [2.24, 2.45) is 0 Å². The van der Waals surface area contributed by atoms with E-state index in [-0.39, 0.29) is 21.0 Å². The fourth-order valence-corrected chi connectivity index (χ4v) is 1.69. The number of phenolic OH excluding ortho intramolecular Hbond substituents is 1. The van der Waals surface area contributed by atoms with Crippen LogP contribution in [0.4, 0.5) is 0 Å². The van der Waals surface area contributed by atoms with Gasteiger partial charge in [-0.2, -0.15) is 0 Å². The number of phenols is 1. The third-order valence-electron chi connectivity index (χ3n) is 2.12. The maximum absolute atomic E-state index is 11.3. The molecule has 0 aliphatic rings. The van der Waals surface area contributed by atoms with E-state index in [4.69, 9.17) is 32.7 Å². The molecule has 0 atom stereocenters. The maximum atomic E-state index is 11.3. The number of aromatic hydroxyl groups is 1. The number of hydrogen-bond acceptors (Lipinski definition) is 4. The Hall–Kier alpha value is -1.72. The van der Waals surface area contributed by atoms with Crippen LogP contribution in [0.15, 0.2) is 21.3 Å².